The van der Waals surface area contributed by atoms with Gasteiger partial charge in [0.15, 0.2) is 0 Å². The molecule has 0 unspecified atom stereocenters. The molecule has 0 aliphatic heterocycles. The van der Waals surface area contributed by atoms with Crippen molar-refractivity contribution in [2.24, 2.45) is 11.8 Å². The van der Waals surface area contributed by atoms with Gasteiger partial charge in [-0.25, -0.2) is 4.98 Å². The van der Waals surface area contributed by atoms with Crippen LogP contribution in [-0.4, -0.2) is 16.2 Å². The van der Waals surface area contributed by atoms with Crippen LogP contribution >= 0.6 is 0 Å². The molecule has 0 N–H and O–H groups in total. The topological polar surface area (TPSA) is 50.8 Å². The van der Waals surface area contributed by atoms with Crippen LogP contribution in [0.1, 0.15) is 62.8 Å². The zero-order chi connectivity index (χ0) is 19.0. The summed E-state index contributed by atoms with van der Waals surface area (Å²) in [5.74, 6) is 2.62. The zero-order valence-electron chi connectivity index (χ0n) is 16.5. The van der Waals surface area contributed by atoms with E-state index < -0.39 is 5.41 Å². The van der Waals surface area contributed by atoms with Crippen molar-refractivity contribution in [2.45, 2.75) is 68.9 Å². The standard InChI is InChI=1S/C24H29N3O/c25-18-23(21-4-2-1-3-5-21)10-12-24(13-11-23,28-17-20-8-9-20)22-26-14-15-27(22)16-19-6-7-19/h1-5,14-15,19-20H,6-13,16-17H2/t23-,24-. The van der Waals surface area contributed by atoms with Gasteiger partial charge in [-0.2, -0.15) is 5.26 Å². The molecule has 28 heavy (non-hydrogen) atoms. The monoisotopic (exact) mass is 375 g/mol. The Kier molecular flexibility index (Phi) is 4.51. The normalized spacial score (nSPS) is 30.1. The third-order valence-corrected chi connectivity index (χ3v) is 7.02. The zero-order valence-corrected chi connectivity index (χ0v) is 16.5. The number of benzene rings is 1. The molecule has 3 aliphatic carbocycles. The fourth-order valence-corrected chi connectivity index (χ4v) is 4.73. The number of nitrogens with zero attached hydrogens (tertiary/aromatic N) is 3. The van der Waals surface area contributed by atoms with Gasteiger partial charge in [-0.05, 0) is 68.8 Å². The molecule has 0 radical (unpaired) electrons. The third kappa shape index (κ3) is 3.37. The van der Waals surface area contributed by atoms with Crippen LogP contribution in [0.15, 0.2) is 42.7 Å². The Morgan fingerprint density at radius 2 is 1.75 bits per heavy atom. The number of hydrogen-bond donors (Lipinski definition) is 0. The smallest absolute Gasteiger partial charge is 0.141 e. The van der Waals surface area contributed by atoms with Crippen LogP contribution in [0.25, 0.3) is 0 Å². The summed E-state index contributed by atoms with van der Waals surface area (Å²) < 4.78 is 9.00. The van der Waals surface area contributed by atoms with E-state index in [0.29, 0.717) is 0 Å². The van der Waals surface area contributed by atoms with E-state index in [2.05, 4.69) is 29.0 Å². The van der Waals surface area contributed by atoms with E-state index >= 15 is 0 Å². The second-order valence-electron chi connectivity index (χ2n) is 9.16. The van der Waals surface area contributed by atoms with E-state index in [9.17, 15) is 5.26 Å². The SMILES string of the molecule is N#C[C@]1(c2ccccc2)CC[C@@](OCC2CC2)(c2nccn2CC2CC2)CC1. The first kappa shape index (κ1) is 17.9. The van der Waals surface area contributed by atoms with Crippen molar-refractivity contribution >= 4 is 0 Å². The molecule has 4 heteroatoms. The third-order valence-electron chi connectivity index (χ3n) is 7.02. The molecule has 1 aromatic heterocycles. The maximum atomic E-state index is 10.1. The maximum Gasteiger partial charge on any atom is 0.141 e. The highest BCUT2D eigenvalue weighted by molar-refractivity contribution is 5.34. The van der Waals surface area contributed by atoms with Crippen LogP contribution in [0.2, 0.25) is 0 Å². The van der Waals surface area contributed by atoms with E-state index in [1.165, 1.54) is 25.7 Å². The second-order valence-corrected chi connectivity index (χ2v) is 9.16. The van der Waals surface area contributed by atoms with Gasteiger partial charge >= 0.3 is 0 Å². The van der Waals surface area contributed by atoms with Crippen LogP contribution < -0.4 is 0 Å². The van der Waals surface area contributed by atoms with E-state index in [-0.39, 0.29) is 5.60 Å². The Balaban J connectivity index is 1.42. The quantitative estimate of drug-likeness (QED) is 0.688. The fourth-order valence-electron chi connectivity index (χ4n) is 4.73. The molecule has 1 aromatic carbocycles. The van der Waals surface area contributed by atoms with E-state index in [4.69, 9.17) is 9.72 Å². The molecular formula is C24H29N3O. The molecule has 0 bridgehead atoms. The Morgan fingerprint density at radius 1 is 1.04 bits per heavy atom. The molecule has 3 fully saturated rings. The van der Waals surface area contributed by atoms with Crippen LogP contribution in [0.3, 0.4) is 0 Å². The van der Waals surface area contributed by atoms with Gasteiger partial charge in [-0.3, -0.25) is 0 Å². The highest BCUT2D eigenvalue weighted by Gasteiger charge is 2.48. The minimum atomic E-state index is -0.401. The summed E-state index contributed by atoms with van der Waals surface area (Å²) in [5, 5.41) is 10.1. The largest absolute Gasteiger partial charge is 0.367 e. The molecule has 0 spiro atoms. The lowest BCUT2D eigenvalue weighted by molar-refractivity contribution is -0.0959. The summed E-state index contributed by atoms with van der Waals surface area (Å²) in [6.07, 6.45) is 12.7. The van der Waals surface area contributed by atoms with Crippen molar-refractivity contribution in [1.82, 2.24) is 9.55 Å². The molecule has 5 rings (SSSR count). The molecule has 0 saturated heterocycles. The van der Waals surface area contributed by atoms with Crippen molar-refractivity contribution in [3.05, 3.63) is 54.1 Å². The van der Waals surface area contributed by atoms with Crippen molar-refractivity contribution in [3.8, 4) is 6.07 Å². The molecular weight excluding hydrogens is 346 g/mol. The first-order chi connectivity index (χ1) is 13.7. The summed E-state index contributed by atoms with van der Waals surface area (Å²) in [6.45, 7) is 1.90. The average Bonchev–Trinajstić information content (AvgIpc) is 3.67. The number of hydrogen-bond acceptors (Lipinski definition) is 3. The van der Waals surface area contributed by atoms with Crippen molar-refractivity contribution in [2.75, 3.05) is 6.61 Å². The minimum absolute atomic E-state index is 0.337. The predicted molar refractivity (Wildman–Crippen MR) is 108 cm³/mol. The van der Waals surface area contributed by atoms with Crippen LogP contribution in [0.4, 0.5) is 0 Å². The van der Waals surface area contributed by atoms with Gasteiger partial charge in [0.05, 0.1) is 18.1 Å². The molecule has 3 saturated carbocycles. The van der Waals surface area contributed by atoms with Crippen LogP contribution in [0, 0.1) is 23.2 Å². The Morgan fingerprint density at radius 3 is 2.39 bits per heavy atom. The van der Waals surface area contributed by atoms with E-state index in [1.807, 2.05) is 24.4 Å². The summed E-state index contributed by atoms with van der Waals surface area (Å²) in [4.78, 5) is 4.79. The second kappa shape index (κ2) is 7.04. The molecule has 3 aliphatic rings. The van der Waals surface area contributed by atoms with Gasteiger partial charge < -0.3 is 9.30 Å². The van der Waals surface area contributed by atoms with Crippen molar-refractivity contribution < 1.29 is 4.74 Å². The summed E-state index contributed by atoms with van der Waals surface area (Å²) in [6, 6.07) is 13.0. The van der Waals surface area contributed by atoms with Gasteiger partial charge in [0, 0.05) is 18.9 Å². The molecule has 146 valence electrons. The maximum absolute atomic E-state index is 10.1. The number of ether oxygens (including phenoxy) is 1. The fraction of sp³-hybridized carbons (Fsp3) is 0.583. The number of imidazole rings is 1. The molecule has 4 nitrogen and oxygen atoms in total. The van der Waals surface area contributed by atoms with Crippen LogP contribution in [-0.2, 0) is 22.3 Å². The lowest BCUT2D eigenvalue weighted by Gasteiger charge is -2.43. The lowest BCUT2D eigenvalue weighted by Crippen LogP contribution is -2.43. The highest BCUT2D eigenvalue weighted by atomic mass is 16.5. The number of aromatic nitrogens is 2. The Labute approximate surface area is 167 Å². The molecule has 0 atom stereocenters. The molecule has 0 amide bonds. The Hall–Kier alpha value is -2.12. The number of rotatable bonds is 7. The van der Waals surface area contributed by atoms with Gasteiger partial charge in [0.1, 0.15) is 11.4 Å². The van der Waals surface area contributed by atoms with E-state index in [1.54, 1.807) is 0 Å². The van der Waals surface area contributed by atoms with E-state index in [0.717, 1.165) is 62.1 Å². The van der Waals surface area contributed by atoms with Gasteiger partial charge in [-0.15, -0.1) is 0 Å². The van der Waals surface area contributed by atoms with Gasteiger partial charge in [-0.1, -0.05) is 30.3 Å². The lowest BCUT2D eigenvalue weighted by atomic mass is 9.65. The summed E-state index contributed by atoms with van der Waals surface area (Å²) in [5.41, 5.74) is 0.409. The van der Waals surface area contributed by atoms with Crippen molar-refractivity contribution in [1.29, 1.82) is 5.26 Å². The summed E-state index contributed by atoms with van der Waals surface area (Å²) >= 11 is 0. The van der Waals surface area contributed by atoms with Gasteiger partial charge in [0.25, 0.3) is 0 Å². The molecule has 1 heterocycles. The predicted octanol–water partition coefficient (Wildman–Crippen LogP) is 4.95. The highest BCUT2D eigenvalue weighted by Crippen LogP contribution is 2.49. The van der Waals surface area contributed by atoms with Crippen molar-refractivity contribution in [3.63, 3.8) is 0 Å². The first-order valence-electron chi connectivity index (χ1n) is 10.9. The van der Waals surface area contributed by atoms with Crippen LogP contribution in [0.5, 0.6) is 0 Å². The first-order valence-corrected chi connectivity index (χ1v) is 10.9. The minimum Gasteiger partial charge on any atom is -0.367 e. The number of nitriles is 1. The summed E-state index contributed by atoms with van der Waals surface area (Å²) in [7, 11) is 0. The molecule has 2 aromatic rings. The van der Waals surface area contributed by atoms with Gasteiger partial charge in [0.2, 0.25) is 0 Å². The Bertz CT molecular complexity index is 849. The average molecular weight is 376 g/mol.